The number of carbonyl (C=O) groups is 1. The maximum Gasteiger partial charge on any atom is 0.416 e. The highest BCUT2D eigenvalue weighted by atomic mass is 19.4. The van der Waals surface area contributed by atoms with E-state index in [1.807, 2.05) is 0 Å². The number of phenols is 1. The van der Waals surface area contributed by atoms with Crippen LogP contribution >= 0.6 is 0 Å². The largest absolute Gasteiger partial charge is 0.507 e. The van der Waals surface area contributed by atoms with Gasteiger partial charge in [-0.05, 0) is 75.5 Å². The number of benzene rings is 1. The van der Waals surface area contributed by atoms with Crippen molar-refractivity contribution in [2.24, 2.45) is 0 Å². The number of methoxy groups -OCH3 is 1. The maximum atomic E-state index is 12.8. The molecule has 1 atom stereocenters. The summed E-state index contributed by atoms with van der Waals surface area (Å²) in [4.78, 5) is 13.6. The van der Waals surface area contributed by atoms with Gasteiger partial charge in [-0.2, -0.15) is 13.2 Å². The molecule has 7 nitrogen and oxygen atoms in total. The zero-order valence-electron chi connectivity index (χ0n) is 18.8. The molecule has 1 aromatic carbocycles. The number of nitrogens with zero attached hydrogens (tertiary/aromatic N) is 3. The number of ether oxygens (including phenoxy) is 1. The predicted molar refractivity (Wildman–Crippen MR) is 118 cm³/mol. The van der Waals surface area contributed by atoms with Gasteiger partial charge in [-0.25, -0.2) is 0 Å². The third kappa shape index (κ3) is 6.80. The molecule has 2 N–H and O–H groups in total. The molecule has 1 fully saturated rings. The van der Waals surface area contributed by atoms with Crippen LogP contribution in [-0.2, 0) is 15.7 Å². The van der Waals surface area contributed by atoms with E-state index in [1.165, 1.54) is 13.2 Å². The Morgan fingerprint density at radius 3 is 2.73 bits per heavy atom. The second kappa shape index (κ2) is 10.8. The second-order valence-corrected chi connectivity index (χ2v) is 8.31. The van der Waals surface area contributed by atoms with E-state index in [-0.39, 0.29) is 17.6 Å². The number of nitrogens with one attached hydrogen (secondary N) is 1. The molecule has 10 heteroatoms. The lowest BCUT2D eigenvalue weighted by molar-refractivity contribution is -0.140. The molecule has 1 saturated heterocycles. The van der Waals surface area contributed by atoms with Crippen LogP contribution in [0.4, 0.5) is 19.0 Å². The molecule has 180 valence electrons. The molecule has 1 aromatic heterocycles. The lowest BCUT2D eigenvalue weighted by Crippen LogP contribution is -2.42. The predicted octanol–water partition coefficient (Wildman–Crippen LogP) is 4.40. The van der Waals surface area contributed by atoms with Crippen molar-refractivity contribution in [3.63, 3.8) is 0 Å². The van der Waals surface area contributed by atoms with Crippen LogP contribution in [0.15, 0.2) is 24.3 Å². The number of unbranched alkanes of at least 4 members (excludes halogenated alkanes) is 1. The monoisotopic (exact) mass is 466 g/mol. The number of aryl methyl sites for hydroxylation is 1. The summed E-state index contributed by atoms with van der Waals surface area (Å²) < 4.78 is 43.2. The van der Waals surface area contributed by atoms with Gasteiger partial charge in [0.25, 0.3) is 0 Å². The Kier molecular flexibility index (Phi) is 8.12. The van der Waals surface area contributed by atoms with Crippen LogP contribution in [0.5, 0.6) is 5.75 Å². The standard InChI is InChI=1S/C23H29F3N4O3/c1-15-12-20(27-17-6-5-11-30(14-17)10-4-3-7-21(32)33-2)28-29-22(15)18-9-8-16(13-19(18)31)23(24,25)26/h8-9,12-13,17,31H,3-7,10-11,14H2,1-2H3,(H,27,28)/t17-/m1/s1. The zero-order valence-corrected chi connectivity index (χ0v) is 18.8. The van der Waals surface area contributed by atoms with Crippen molar-refractivity contribution in [1.29, 1.82) is 0 Å². The summed E-state index contributed by atoms with van der Waals surface area (Å²) in [5.41, 5.74) is 0.316. The summed E-state index contributed by atoms with van der Waals surface area (Å²) in [6.45, 7) is 4.54. The summed E-state index contributed by atoms with van der Waals surface area (Å²) in [5, 5.41) is 21.8. The number of anilines is 1. The first kappa shape index (κ1) is 24.8. The first-order valence-corrected chi connectivity index (χ1v) is 11.0. The van der Waals surface area contributed by atoms with E-state index in [4.69, 9.17) is 0 Å². The van der Waals surface area contributed by atoms with Gasteiger partial charge in [0.2, 0.25) is 0 Å². The van der Waals surface area contributed by atoms with Gasteiger partial charge in [-0.3, -0.25) is 4.79 Å². The van der Waals surface area contributed by atoms with E-state index in [0.717, 1.165) is 51.4 Å². The van der Waals surface area contributed by atoms with Crippen LogP contribution in [0, 0.1) is 6.92 Å². The van der Waals surface area contributed by atoms with Gasteiger partial charge in [0, 0.05) is 24.6 Å². The Balaban J connectivity index is 1.59. The summed E-state index contributed by atoms with van der Waals surface area (Å²) in [6.07, 6.45) is -0.350. The summed E-state index contributed by atoms with van der Waals surface area (Å²) in [6, 6.07) is 4.81. The van der Waals surface area contributed by atoms with Gasteiger partial charge in [0.15, 0.2) is 0 Å². The number of halogens is 3. The number of esters is 1. The molecule has 3 rings (SSSR count). The van der Waals surface area contributed by atoms with Gasteiger partial charge in [0.1, 0.15) is 11.6 Å². The minimum absolute atomic E-state index is 0.185. The molecule has 1 aliphatic rings. The molecule has 2 aromatic rings. The number of phenolic OH excluding ortho intramolecular Hbond substituents is 1. The summed E-state index contributed by atoms with van der Waals surface area (Å²) in [5.74, 6) is -0.0894. The van der Waals surface area contributed by atoms with Crippen molar-refractivity contribution in [1.82, 2.24) is 15.1 Å². The number of carbonyl (C=O) groups excluding carboxylic acids is 1. The Morgan fingerprint density at radius 1 is 1.27 bits per heavy atom. The molecule has 0 bridgehead atoms. The number of hydrogen-bond donors (Lipinski definition) is 2. The van der Waals surface area contributed by atoms with Crippen LogP contribution in [-0.4, -0.2) is 59.0 Å². The fraction of sp³-hybridized carbons (Fsp3) is 0.522. The quantitative estimate of drug-likeness (QED) is 0.441. The van der Waals surface area contributed by atoms with Crippen LogP contribution in [0.2, 0.25) is 0 Å². The van der Waals surface area contributed by atoms with Gasteiger partial charge in [-0.1, -0.05) is 0 Å². The van der Waals surface area contributed by atoms with E-state index in [2.05, 4.69) is 25.2 Å². The van der Waals surface area contributed by atoms with E-state index in [0.29, 0.717) is 29.6 Å². The highest BCUT2D eigenvalue weighted by Crippen LogP contribution is 2.36. The molecular weight excluding hydrogens is 437 g/mol. The number of rotatable bonds is 8. The van der Waals surface area contributed by atoms with Crippen LogP contribution in [0.1, 0.15) is 43.2 Å². The first-order chi connectivity index (χ1) is 15.7. The fourth-order valence-electron chi connectivity index (χ4n) is 4.02. The van der Waals surface area contributed by atoms with Crippen LogP contribution in [0.25, 0.3) is 11.3 Å². The van der Waals surface area contributed by atoms with Gasteiger partial charge in [-0.15, -0.1) is 10.2 Å². The molecule has 0 spiro atoms. The number of piperidine rings is 1. The van der Waals surface area contributed by atoms with E-state index >= 15 is 0 Å². The Bertz CT molecular complexity index is 968. The van der Waals surface area contributed by atoms with Gasteiger partial charge < -0.3 is 20.1 Å². The SMILES string of the molecule is COC(=O)CCCCN1CCC[C@@H](Nc2cc(C)c(-c3ccc(C(F)(F)F)cc3O)nn2)C1. The lowest BCUT2D eigenvalue weighted by atomic mass is 10.0. The molecule has 0 unspecified atom stereocenters. The van der Waals surface area contributed by atoms with Crippen LogP contribution in [0.3, 0.4) is 0 Å². The number of likely N-dealkylation sites (tertiary alicyclic amines) is 1. The van der Waals surface area contributed by atoms with Crippen molar-refractivity contribution < 1.29 is 27.8 Å². The highest BCUT2D eigenvalue weighted by Gasteiger charge is 2.31. The van der Waals surface area contributed by atoms with E-state index < -0.39 is 17.5 Å². The van der Waals surface area contributed by atoms with Gasteiger partial charge >= 0.3 is 12.1 Å². The number of hydrogen-bond acceptors (Lipinski definition) is 7. The second-order valence-electron chi connectivity index (χ2n) is 8.31. The van der Waals surface area contributed by atoms with Crippen molar-refractivity contribution in [3.05, 3.63) is 35.4 Å². The van der Waals surface area contributed by atoms with Crippen molar-refractivity contribution in [2.45, 2.75) is 51.2 Å². The minimum atomic E-state index is -4.53. The van der Waals surface area contributed by atoms with Crippen molar-refractivity contribution in [2.75, 3.05) is 32.1 Å². The molecule has 0 saturated carbocycles. The molecule has 0 radical (unpaired) electrons. The molecule has 0 amide bonds. The van der Waals surface area contributed by atoms with E-state index in [1.54, 1.807) is 13.0 Å². The Morgan fingerprint density at radius 2 is 2.06 bits per heavy atom. The molecule has 33 heavy (non-hydrogen) atoms. The minimum Gasteiger partial charge on any atom is -0.507 e. The molecular formula is C23H29F3N4O3. The van der Waals surface area contributed by atoms with E-state index in [9.17, 15) is 23.1 Å². The Hall–Kier alpha value is -2.88. The van der Waals surface area contributed by atoms with Crippen LogP contribution < -0.4 is 5.32 Å². The summed E-state index contributed by atoms with van der Waals surface area (Å²) in [7, 11) is 1.40. The summed E-state index contributed by atoms with van der Waals surface area (Å²) >= 11 is 0. The molecule has 0 aliphatic carbocycles. The average molecular weight is 467 g/mol. The average Bonchev–Trinajstić information content (AvgIpc) is 2.76. The number of aromatic hydroxyl groups is 1. The first-order valence-electron chi connectivity index (χ1n) is 11.0. The van der Waals surface area contributed by atoms with Gasteiger partial charge in [0.05, 0.1) is 18.4 Å². The fourth-order valence-corrected chi connectivity index (χ4v) is 4.02. The Labute approximate surface area is 191 Å². The van der Waals surface area contributed by atoms with Crippen molar-refractivity contribution >= 4 is 11.8 Å². The van der Waals surface area contributed by atoms with Crippen molar-refractivity contribution in [3.8, 4) is 17.0 Å². The third-order valence-electron chi connectivity index (χ3n) is 5.76. The zero-order chi connectivity index (χ0) is 24.0. The molecule has 2 heterocycles. The maximum absolute atomic E-state index is 12.8. The highest BCUT2D eigenvalue weighted by molar-refractivity contribution is 5.70. The third-order valence-corrected chi connectivity index (χ3v) is 5.76. The number of alkyl halides is 3. The number of aromatic nitrogens is 2. The topological polar surface area (TPSA) is 87.6 Å². The lowest BCUT2D eigenvalue weighted by Gasteiger charge is -2.33. The molecule has 1 aliphatic heterocycles. The normalized spacial score (nSPS) is 17.1. The smallest absolute Gasteiger partial charge is 0.416 e.